The van der Waals surface area contributed by atoms with Gasteiger partial charge in [-0.1, -0.05) is 11.6 Å². The highest BCUT2D eigenvalue weighted by molar-refractivity contribution is 8.00. The zero-order chi connectivity index (χ0) is 15.1. The molecule has 0 amide bonds. The number of carboxylic acids is 1. The van der Waals surface area contributed by atoms with E-state index in [2.05, 4.69) is 0 Å². The van der Waals surface area contributed by atoms with E-state index in [4.69, 9.17) is 28.3 Å². The first kappa shape index (κ1) is 15.5. The Balaban J connectivity index is 2.62. The van der Waals surface area contributed by atoms with Gasteiger partial charge in [0.15, 0.2) is 0 Å². The Morgan fingerprint density at radius 3 is 2.55 bits per heavy atom. The lowest BCUT2D eigenvalue weighted by Crippen LogP contribution is -2.32. The molecule has 0 saturated carbocycles. The van der Waals surface area contributed by atoms with Crippen LogP contribution in [0.15, 0.2) is 22.6 Å². The zero-order valence-corrected chi connectivity index (χ0v) is 12.0. The number of alkyl halides is 4. The molecule has 1 aliphatic rings. The number of halogens is 5. The minimum Gasteiger partial charge on any atom is -0.478 e. The monoisotopic (exact) mass is 342 g/mol. The van der Waals surface area contributed by atoms with Crippen molar-refractivity contribution < 1.29 is 23.1 Å². The number of fused-ring (bicyclic) bond motifs is 1. The molecule has 0 aromatic heterocycles. The van der Waals surface area contributed by atoms with Crippen LogP contribution in [0.4, 0.5) is 13.2 Å². The van der Waals surface area contributed by atoms with Crippen molar-refractivity contribution >= 4 is 47.0 Å². The predicted molar refractivity (Wildman–Crippen MR) is 72.3 cm³/mol. The summed E-state index contributed by atoms with van der Waals surface area (Å²) in [5.74, 6) is -1.60. The lowest BCUT2D eigenvalue weighted by Gasteiger charge is -2.26. The Bertz CT molecular complexity index is 599. The zero-order valence-electron chi connectivity index (χ0n) is 9.67. The first-order valence-electron chi connectivity index (χ1n) is 5.30. The van der Waals surface area contributed by atoms with Crippen molar-refractivity contribution in [3.63, 3.8) is 0 Å². The third-order valence-corrected chi connectivity index (χ3v) is 4.67. The normalized spacial score (nSPS) is 18.4. The minimum absolute atomic E-state index is 0.00326. The molecular weight excluding hydrogens is 336 g/mol. The maximum absolute atomic E-state index is 13.0. The van der Waals surface area contributed by atoms with Crippen LogP contribution in [0, 0.1) is 0 Å². The van der Waals surface area contributed by atoms with Gasteiger partial charge in [0.2, 0.25) is 0 Å². The second-order valence-corrected chi connectivity index (χ2v) is 5.88. The van der Waals surface area contributed by atoms with Gasteiger partial charge < -0.3 is 5.11 Å². The first-order valence-corrected chi connectivity index (χ1v) is 7.10. The number of thioether (sulfide) groups is 1. The van der Waals surface area contributed by atoms with Crippen LogP contribution >= 0.6 is 35.0 Å². The van der Waals surface area contributed by atoms with Gasteiger partial charge in [-0.25, -0.2) is 4.79 Å². The molecule has 8 heteroatoms. The molecule has 1 N–H and O–H groups in total. The number of hydrogen-bond acceptors (Lipinski definition) is 2. The van der Waals surface area contributed by atoms with E-state index in [0.29, 0.717) is 32.8 Å². The van der Waals surface area contributed by atoms with E-state index in [1.807, 2.05) is 0 Å². The summed E-state index contributed by atoms with van der Waals surface area (Å²) in [5.41, 5.74) is 0.0861. The largest absolute Gasteiger partial charge is 0.478 e. The molecule has 0 radical (unpaired) electrons. The van der Waals surface area contributed by atoms with Crippen LogP contribution in [0.5, 0.6) is 0 Å². The number of carboxylic acid groups (broad SMARTS) is 1. The highest BCUT2D eigenvalue weighted by atomic mass is 35.5. The fourth-order valence-electron chi connectivity index (χ4n) is 1.86. The highest BCUT2D eigenvalue weighted by Crippen LogP contribution is 2.47. The van der Waals surface area contributed by atoms with Gasteiger partial charge in [0.25, 0.3) is 0 Å². The number of aliphatic carboxylic acids is 1. The predicted octanol–water partition coefficient (Wildman–Crippen LogP) is 4.58. The van der Waals surface area contributed by atoms with Gasteiger partial charge in [0.05, 0.1) is 5.57 Å². The summed E-state index contributed by atoms with van der Waals surface area (Å²) in [6.45, 7) is 0. The molecule has 1 heterocycles. The van der Waals surface area contributed by atoms with E-state index in [9.17, 15) is 18.0 Å². The lowest BCUT2D eigenvalue weighted by atomic mass is 10.0. The third-order valence-electron chi connectivity index (χ3n) is 2.68. The molecule has 0 saturated heterocycles. The van der Waals surface area contributed by atoms with Crippen molar-refractivity contribution in [1.82, 2.24) is 0 Å². The van der Waals surface area contributed by atoms with Gasteiger partial charge in [0, 0.05) is 15.8 Å². The maximum atomic E-state index is 13.0. The van der Waals surface area contributed by atoms with Gasteiger partial charge in [-0.15, -0.1) is 23.4 Å². The first-order chi connectivity index (χ1) is 9.24. The Morgan fingerprint density at radius 1 is 1.40 bits per heavy atom. The van der Waals surface area contributed by atoms with Crippen molar-refractivity contribution in [2.45, 2.75) is 22.2 Å². The smallest absolute Gasteiger partial charge is 0.405 e. The quantitative estimate of drug-likeness (QED) is 0.799. The molecule has 1 aromatic carbocycles. The molecule has 0 spiro atoms. The second-order valence-electron chi connectivity index (χ2n) is 4.06. The maximum Gasteiger partial charge on any atom is 0.405 e. The number of rotatable bonds is 2. The number of benzene rings is 1. The van der Waals surface area contributed by atoms with E-state index in [0.717, 1.165) is 6.08 Å². The summed E-state index contributed by atoms with van der Waals surface area (Å²) >= 11 is 12.0. The van der Waals surface area contributed by atoms with E-state index in [1.54, 1.807) is 0 Å². The molecule has 2 rings (SSSR count). The minimum atomic E-state index is -4.66. The molecular formula is C12H7Cl2F3O2S. The third kappa shape index (κ3) is 2.92. The molecule has 1 aliphatic heterocycles. The van der Waals surface area contributed by atoms with E-state index in [-0.39, 0.29) is 5.88 Å². The summed E-state index contributed by atoms with van der Waals surface area (Å²) in [6, 6.07) is 2.91. The second kappa shape index (κ2) is 5.50. The van der Waals surface area contributed by atoms with Crippen LogP contribution in [-0.2, 0) is 10.7 Å². The number of carbonyl (C=O) groups is 1. The Morgan fingerprint density at radius 2 is 2.05 bits per heavy atom. The Hall–Kier alpha value is -0.850. The van der Waals surface area contributed by atoms with Crippen LogP contribution in [0.1, 0.15) is 11.1 Å². The van der Waals surface area contributed by atoms with Crippen molar-refractivity contribution in [3.05, 3.63) is 33.9 Å². The molecule has 1 atom stereocenters. The summed E-state index contributed by atoms with van der Waals surface area (Å²) in [7, 11) is 0. The van der Waals surface area contributed by atoms with Gasteiger partial charge in [-0.05, 0) is 29.3 Å². The van der Waals surface area contributed by atoms with E-state index < -0.39 is 23.0 Å². The highest BCUT2D eigenvalue weighted by Gasteiger charge is 2.47. The van der Waals surface area contributed by atoms with Gasteiger partial charge in [-0.2, -0.15) is 13.2 Å². The fourth-order valence-corrected chi connectivity index (χ4v) is 3.61. The van der Waals surface area contributed by atoms with Crippen molar-refractivity contribution in [2.24, 2.45) is 0 Å². The van der Waals surface area contributed by atoms with Gasteiger partial charge in [0.1, 0.15) is 5.25 Å². The molecule has 1 aromatic rings. The average Bonchev–Trinajstić information content (AvgIpc) is 2.34. The molecule has 2 nitrogen and oxygen atoms in total. The van der Waals surface area contributed by atoms with Crippen molar-refractivity contribution in [1.29, 1.82) is 0 Å². The molecule has 108 valence electrons. The average molecular weight is 343 g/mol. The fraction of sp³-hybridized carbons (Fsp3) is 0.250. The molecule has 20 heavy (non-hydrogen) atoms. The van der Waals surface area contributed by atoms with E-state index in [1.165, 1.54) is 12.1 Å². The van der Waals surface area contributed by atoms with Crippen LogP contribution in [0.3, 0.4) is 0 Å². The number of hydrogen-bond donors (Lipinski definition) is 1. The van der Waals surface area contributed by atoms with Crippen LogP contribution < -0.4 is 0 Å². The standard InChI is InChI=1S/C12H7Cl2F3O2S/c13-4-6-2-7(14)1-5-3-8(11(18)19)10(12(15,16)17)20-9(5)6/h1-3,10H,4H2,(H,18,19). The summed E-state index contributed by atoms with van der Waals surface area (Å²) in [4.78, 5) is 11.3. The Labute approximate surface area is 126 Å². The van der Waals surface area contributed by atoms with Gasteiger partial charge in [-0.3, -0.25) is 0 Å². The van der Waals surface area contributed by atoms with Gasteiger partial charge >= 0.3 is 12.1 Å². The van der Waals surface area contributed by atoms with Crippen LogP contribution in [-0.4, -0.2) is 22.5 Å². The Kier molecular flexibility index (Phi) is 4.27. The van der Waals surface area contributed by atoms with Crippen molar-refractivity contribution in [3.8, 4) is 0 Å². The molecule has 0 fully saturated rings. The molecule has 0 aliphatic carbocycles. The van der Waals surface area contributed by atoms with E-state index >= 15 is 0 Å². The van der Waals surface area contributed by atoms with Crippen LogP contribution in [0.25, 0.3) is 6.08 Å². The topological polar surface area (TPSA) is 37.3 Å². The molecule has 0 bridgehead atoms. The summed E-state index contributed by atoms with van der Waals surface area (Å²) in [5, 5.41) is 7.14. The lowest BCUT2D eigenvalue weighted by molar-refractivity contribution is -0.140. The summed E-state index contributed by atoms with van der Waals surface area (Å²) in [6.07, 6.45) is -3.65. The van der Waals surface area contributed by atoms with Crippen molar-refractivity contribution in [2.75, 3.05) is 0 Å². The summed E-state index contributed by atoms with van der Waals surface area (Å²) < 4.78 is 38.9. The van der Waals surface area contributed by atoms with Crippen LogP contribution in [0.2, 0.25) is 5.02 Å². The molecule has 1 unspecified atom stereocenters. The SMILES string of the molecule is O=C(O)C1=Cc2cc(Cl)cc(CCl)c2SC1C(F)(F)F.